The van der Waals surface area contributed by atoms with E-state index in [9.17, 15) is 34.4 Å². The highest BCUT2D eigenvalue weighted by molar-refractivity contribution is 7.89. The van der Waals surface area contributed by atoms with Gasteiger partial charge in [-0.15, -0.1) is 0 Å². The van der Waals surface area contributed by atoms with Crippen molar-refractivity contribution in [3.05, 3.63) is 59.7 Å². The molecule has 0 atom stereocenters. The molecule has 0 radical (unpaired) electrons. The molecule has 0 unspecified atom stereocenters. The summed E-state index contributed by atoms with van der Waals surface area (Å²) in [4.78, 5) is -0.968. The first kappa shape index (κ1) is 21.7. The number of nitrogens with zero attached hydrogens (tertiary/aromatic N) is 1. The van der Waals surface area contributed by atoms with Crippen molar-refractivity contribution in [2.75, 3.05) is 13.1 Å². The van der Waals surface area contributed by atoms with Gasteiger partial charge < -0.3 is 0 Å². The highest BCUT2D eigenvalue weighted by Crippen LogP contribution is 2.32. The van der Waals surface area contributed by atoms with Crippen molar-refractivity contribution in [1.82, 2.24) is 9.03 Å². The molecule has 12 heteroatoms. The number of nitrogens with one attached hydrogen (secondary N) is 1. The van der Waals surface area contributed by atoms with E-state index in [0.29, 0.717) is 37.1 Å². The van der Waals surface area contributed by atoms with Gasteiger partial charge in [0.1, 0.15) is 0 Å². The fourth-order valence-electron chi connectivity index (χ4n) is 2.65. The van der Waals surface area contributed by atoms with E-state index in [1.54, 1.807) is 0 Å². The van der Waals surface area contributed by atoms with Crippen LogP contribution >= 0.6 is 0 Å². The molecule has 1 aliphatic carbocycles. The highest BCUT2D eigenvalue weighted by Gasteiger charge is 2.38. The molecule has 29 heavy (non-hydrogen) atoms. The van der Waals surface area contributed by atoms with Gasteiger partial charge in [-0.3, -0.25) is 0 Å². The van der Waals surface area contributed by atoms with Gasteiger partial charge in [-0.05, 0) is 49.2 Å². The Morgan fingerprint density at radius 2 is 1.34 bits per heavy atom. The number of sulfonamides is 2. The predicted octanol–water partition coefficient (Wildman–Crippen LogP) is 2.37. The molecule has 0 heterocycles. The summed E-state index contributed by atoms with van der Waals surface area (Å²) in [5.74, 6) is -5.06. The van der Waals surface area contributed by atoms with Gasteiger partial charge in [0.05, 0.1) is 9.79 Å². The SMILES string of the molecule is O=S(=O)(NCCN(C1CC1)S(=O)(=O)c1ccc(F)c(F)c1)c1ccc(F)c(F)c1. The maximum Gasteiger partial charge on any atom is 0.243 e. The lowest BCUT2D eigenvalue weighted by molar-refractivity contribution is 0.405. The van der Waals surface area contributed by atoms with Crippen molar-refractivity contribution in [1.29, 1.82) is 0 Å². The molecule has 3 rings (SSSR count). The predicted molar refractivity (Wildman–Crippen MR) is 94.8 cm³/mol. The maximum absolute atomic E-state index is 13.4. The van der Waals surface area contributed by atoms with Crippen molar-refractivity contribution in [2.45, 2.75) is 28.7 Å². The Labute approximate surface area is 165 Å². The Kier molecular flexibility index (Phi) is 5.99. The van der Waals surface area contributed by atoms with Crippen LogP contribution in [0.2, 0.25) is 0 Å². The van der Waals surface area contributed by atoms with Crippen molar-refractivity contribution < 1.29 is 34.4 Å². The van der Waals surface area contributed by atoms with Gasteiger partial charge in [0.25, 0.3) is 0 Å². The van der Waals surface area contributed by atoms with Gasteiger partial charge in [-0.2, -0.15) is 4.31 Å². The molecular formula is C17H16F4N2O4S2. The molecule has 1 aliphatic rings. The first-order chi connectivity index (χ1) is 13.5. The summed E-state index contributed by atoms with van der Waals surface area (Å²) in [5.41, 5.74) is 0. The van der Waals surface area contributed by atoms with Crippen LogP contribution in [0.5, 0.6) is 0 Å². The molecule has 0 aliphatic heterocycles. The van der Waals surface area contributed by atoms with Gasteiger partial charge in [-0.25, -0.2) is 39.1 Å². The van der Waals surface area contributed by atoms with Crippen molar-refractivity contribution >= 4 is 20.0 Å². The Hall–Kier alpha value is -2.02. The molecule has 1 fully saturated rings. The second kappa shape index (κ2) is 8.01. The van der Waals surface area contributed by atoms with Crippen LogP contribution in [0.4, 0.5) is 17.6 Å². The lowest BCUT2D eigenvalue weighted by Crippen LogP contribution is -2.40. The zero-order chi connectivity index (χ0) is 21.4. The fourth-order valence-corrected chi connectivity index (χ4v) is 5.38. The van der Waals surface area contributed by atoms with E-state index in [1.165, 1.54) is 0 Å². The van der Waals surface area contributed by atoms with E-state index < -0.39 is 53.1 Å². The van der Waals surface area contributed by atoms with E-state index in [1.807, 2.05) is 0 Å². The van der Waals surface area contributed by atoms with Crippen LogP contribution in [0.25, 0.3) is 0 Å². The molecule has 2 aromatic carbocycles. The molecule has 0 spiro atoms. The first-order valence-corrected chi connectivity index (χ1v) is 11.4. The van der Waals surface area contributed by atoms with Crippen LogP contribution in [0.1, 0.15) is 12.8 Å². The van der Waals surface area contributed by atoms with Crippen molar-refractivity contribution in [3.8, 4) is 0 Å². The average molecular weight is 452 g/mol. The second-order valence-electron chi connectivity index (χ2n) is 6.40. The number of halogens is 4. The average Bonchev–Trinajstić information content (AvgIpc) is 3.47. The minimum absolute atomic E-state index is 0.283. The zero-order valence-electron chi connectivity index (χ0n) is 14.8. The summed E-state index contributed by atoms with van der Waals surface area (Å²) in [6.45, 7) is -0.643. The van der Waals surface area contributed by atoms with Crippen molar-refractivity contribution in [2.24, 2.45) is 0 Å². The van der Waals surface area contributed by atoms with E-state index in [2.05, 4.69) is 4.72 Å². The largest absolute Gasteiger partial charge is 0.243 e. The molecule has 1 N–H and O–H groups in total. The van der Waals surface area contributed by atoms with Crippen LogP contribution in [0, 0.1) is 23.3 Å². The highest BCUT2D eigenvalue weighted by atomic mass is 32.2. The maximum atomic E-state index is 13.4. The fraction of sp³-hybridized carbons (Fsp3) is 0.294. The molecule has 158 valence electrons. The summed E-state index contributed by atoms with van der Waals surface area (Å²) in [7, 11) is -8.40. The van der Waals surface area contributed by atoms with Gasteiger partial charge in [0.15, 0.2) is 23.3 Å². The lowest BCUT2D eigenvalue weighted by atomic mass is 10.3. The second-order valence-corrected chi connectivity index (χ2v) is 10.1. The van der Waals surface area contributed by atoms with Gasteiger partial charge >= 0.3 is 0 Å². The number of hydrogen-bond acceptors (Lipinski definition) is 4. The Morgan fingerprint density at radius 1 is 0.828 bits per heavy atom. The van der Waals surface area contributed by atoms with Gasteiger partial charge in [-0.1, -0.05) is 0 Å². The summed E-state index contributed by atoms with van der Waals surface area (Å²) < 4.78 is 106. The Bertz CT molecular complexity index is 1140. The van der Waals surface area contributed by atoms with Crippen LogP contribution in [0.15, 0.2) is 46.2 Å². The lowest BCUT2D eigenvalue weighted by Gasteiger charge is -2.22. The number of benzene rings is 2. The first-order valence-electron chi connectivity index (χ1n) is 8.44. The molecule has 0 bridgehead atoms. The zero-order valence-corrected chi connectivity index (χ0v) is 16.4. The van der Waals surface area contributed by atoms with E-state index >= 15 is 0 Å². The summed E-state index contributed by atoms with van der Waals surface area (Å²) in [6.07, 6.45) is 1.08. The third-order valence-electron chi connectivity index (χ3n) is 4.28. The number of rotatable bonds is 8. The summed E-state index contributed by atoms with van der Waals surface area (Å²) in [6, 6.07) is 3.83. The normalized spacial score (nSPS) is 15.1. The molecule has 1 saturated carbocycles. The van der Waals surface area contributed by atoms with Gasteiger partial charge in [0, 0.05) is 19.1 Å². The Balaban J connectivity index is 1.74. The van der Waals surface area contributed by atoms with E-state index in [4.69, 9.17) is 0 Å². The minimum atomic E-state index is -4.21. The van der Waals surface area contributed by atoms with Crippen LogP contribution < -0.4 is 4.72 Å². The molecule has 0 aromatic heterocycles. The van der Waals surface area contributed by atoms with Gasteiger partial charge in [0.2, 0.25) is 20.0 Å². The summed E-state index contributed by atoms with van der Waals surface area (Å²) in [5, 5.41) is 0. The molecule has 2 aromatic rings. The third kappa shape index (κ3) is 4.77. The summed E-state index contributed by atoms with van der Waals surface area (Å²) >= 11 is 0. The van der Waals surface area contributed by atoms with Crippen LogP contribution in [0.3, 0.4) is 0 Å². The molecule has 0 saturated heterocycles. The minimum Gasteiger partial charge on any atom is -0.210 e. The van der Waals surface area contributed by atoms with Crippen LogP contribution in [-0.4, -0.2) is 40.3 Å². The van der Waals surface area contributed by atoms with E-state index in [0.717, 1.165) is 16.4 Å². The third-order valence-corrected chi connectivity index (χ3v) is 7.68. The van der Waals surface area contributed by atoms with E-state index in [-0.39, 0.29) is 19.1 Å². The smallest absolute Gasteiger partial charge is 0.210 e. The molecule has 0 amide bonds. The molecule has 6 nitrogen and oxygen atoms in total. The monoisotopic (exact) mass is 452 g/mol. The van der Waals surface area contributed by atoms with Crippen molar-refractivity contribution in [3.63, 3.8) is 0 Å². The van der Waals surface area contributed by atoms with Crippen LogP contribution in [-0.2, 0) is 20.0 Å². The number of hydrogen-bond donors (Lipinski definition) is 1. The quantitative estimate of drug-likeness (QED) is 0.624. The standard InChI is InChI=1S/C17H16F4N2O4S2/c18-14-5-3-12(9-16(14)20)28(24,25)22-7-8-23(11-1-2-11)29(26,27)13-4-6-15(19)17(21)10-13/h3-6,9-11,22H,1-2,7-8H2. The Morgan fingerprint density at radius 3 is 1.86 bits per heavy atom. The topological polar surface area (TPSA) is 83.6 Å². The molecular weight excluding hydrogens is 436 g/mol.